The third-order valence-corrected chi connectivity index (χ3v) is 6.77. The van der Waals surface area contributed by atoms with Crippen molar-refractivity contribution in [2.75, 3.05) is 19.9 Å². The molecule has 9 nitrogen and oxygen atoms in total. The second-order valence-electron chi connectivity index (χ2n) is 6.74. The van der Waals surface area contributed by atoms with Crippen LogP contribution in [0.5, 0.6) is 11.5 Å². The molecule has 0 aliphatic carbocycles. The van der Waals surface area contributed by atoms with Crippen LogP contribution >= 0.6 is 0 Å². The summed E-state index contributed by atoms with van der Waals surface area (Å²) in [6, 6.07) is 8.96. The highest BCUT2D eigenvalue weighted by molar-refractivity contribution is 7.89. The summed E-state index contributed by atoms with van der Waals surface area (Å²) in [6.45, 7) is 1.09. The van der Waals surface area contributed by atoms with Crippen molar-refractivity contribution in [1.29, 1.82) is 0 Å². The molecule has 2 aromatic carbocycles. The average molecular weight is 417 g/mol. The molecule has 2 aliphatic heterocycles. The Morgan fingerprint density at radius 3 is 2.34 bits per heavy atom. The number of nitro benzene ring substituents is 1. The van der Waals surface area contributed by atoms with E-state index in [9.17, 15) is 18.5 Å². The predicted octanol–water partition coefficient (Wildman–Crippen LogP) is 3.25. The van der Waals surface area contributed by atoms with Crippen LogP contribution in [0.3, 0.4) is 0 Å². The van der Waals surface area contributed by atoms with Gasteiger partial charge in [0, 0.05) is 19.3 Å². The van der Waals surface area contributed by atoms with E-state index < -0.39 is 14.9 Å². The standard InChI is InChI=1S/C19H19N3O6S/c23-22(24)17-11-19-18(27-13-28-19)10-14(17)12-20-15-4-6-16(7-5-15)29(25,26)21-8-2-1-3-9-21/h4-7,10-12H,1-3,8-9,13H2. The molecule has 0 bridgehead atoms. The molecular weight excluding hydrogens is 398 g/mol. The Bertz CT molecular complexity index is 1060. The van der Waals surface area contributed by atoms with Crippen LogP contribution in [0.25, 0.3) is 0 Å². The van der Waals surface area contributed by atoms with Gasteiger partial charge >= 0.3 is 0 Å². The number of nitro groups is 1. The molecule has 0 radical (unpaired) electrons. The second-order valence-corrected chi connectivity index (χ2v) is 8.68. The lowest BCUT2D eigenvalue weighted by Crippen LogP contribution is -2.35. The lowest BCUT2D eigenvalue weighted by atomic mass is 10.1. The molecule has 0 unspecified atom stereocenters. The van der Waals surface area contributed by atoms with Crippen molar-refractivity contribution in [3.8, 4) is 11.5 Å². The molecule has 1 fully saturated rings. The number of hydrogen-bond donors (Lipinski definition) is 0. The summed E-state index contributed by atoms with van der Waals surface area (Å²) in [5.74, 6) is 0.737. The van der Waals surface area contributed by atoms with E-state index in [1.54, 1.807) is 12.1 Å². The van der Waals surface area contributed by atoms with Gasteiger partial charge in [0.2, 0.25) is 16.8 Å². The Labute approximate surface area is 167 Å². The molecule has 2 heterocycles. The van der Waals surface area contributed by atoms with Crippen LogP contribution in [0.2, 0.25) is 0 Å². The Morgan fingerprint density at radius 2 is 1.69 bits per heavy atom. The number of piperidine rings is 1. The van der Waals surface area contributed by atoms with E-state index in [0.29, 0.717) is 30.3 Å². The van der Waals surface area contributed by atoms with E-state index in [0.717, 1.165) is 19.3 Å². The van der Waals surface area contributed by atoms with Crippen molar-refractivity contribution in [3.63, 3.8) is 0 Å². The molecule has 4 rings (SSSR count). The highest BCUT2D eigenvalue weighted by atomic mass is 32.2. The Kier molecular flexibility index (Phi) is 5.20. The number of fused-ring (bicyclic) bond motifs is 1. The molecule has 0 amide bonds. The number of nitrogens with zero attached hydrogens (tertiary/aromatic N) is 3. The zero-order chi connectivity index (χ0) is 20.4. The van der Waals surface area contributed by atoms with Crippen LogP contribution < -0.4 is 9.47 Å². The first-order valence-corrected chi connectivity index (χ1v) is 10.6. The maximum Gasteiger partial charge on any atom is 0.282 e. The SMILES string of the molecule is O=[N+]([O-])c1cc2c(cc1C=Nc1ccc(S(=O)(=O)N3CCCCC3)cc1)OCO2. The van der Waals surface area contributed by atoms with Crippen molar-refractivity contribution < 1.29 is 22.8 Å². The molecule has 29 heavy (non-hydrogen) atoms. The van der Waals surface area contributed by atoms with Crippen LogP contribution in [0, 0.1) is 10.1 Å². The number of rotatable bonds is 5. The highest BCUT2D eigenvalue weighted by Gasteiger charge is 2.26. The first-order valence-electron chi connectivity index (χ1n) is 9.17. The van der Waals surface area contributed by atoms with E-state index in [1.165, 1.54) is 34.8 Å². The molecule has 0 aromatic heterocycles. The smallest absolute Gasteiger partial charge is 0.282 e. The minimum Gasteiger partial charge on any atom is -0.454 e. The van der Waals surface area contributed by atoms with Gasteiger partial charge in [-0.1, -0.05) is 6.42 Å². The summed E-state index contributed by atoms with van der Waals surface area (Å²) >= 11 is 0. The Morgan fingerprint density at radius 1 is 1.03 bits per heavy atom. The Balaban J connectivity index is 1.56. The molecule has 0 atom stereocenters. The maximum absolute atomic E-state index is 12.7. The fraction of sp³-hybridized carbons (Fsp3) is 0.316. The van der Waals surface area contributed by atoms with Crippen molar-refractivity contribution in [2.45, 2.75) is 24.2 Å². The molecular formula is C19H19N3O6S. The lowest BCUT2D eigenvalue weighted by Gasteiger charge is -2.25. The van der Waals surface area contributed by atoms with Crippen LogP contribution in [0.1, 0.15) is 24.8 Å². The maximum atomic E-state index is 12.7. The summed E-state index contributed by atoms with van der Waals surface area (Å²) in [6.07, 6.45) is 4.14. The first kappa shape index (κ1) is 19.3. The molecule has 0 saturated carbocycles. The first-order chi connectivity index (χ1) is 13.9. The minimum atomic E-state index is -3.51. The van der Waals surface area contributed by atoms with Gasteiger partial charge in [-0.15, -0.1) is 0 Å². The molecule has 1 saturated heterocycles. The third-order valence-electron chi connectivity index (χ3n) is 4.86. The molecule has 2 aliphatic rings. The van der Waals surface area contributed by atoms with E-state index >= 15 is 0 Å². The van der Waals surface area contributed by atoms with Gasteiger partial charge in [0.25, 0.3) is 5.69 Å². The number of aliphatic imine (C=N–C) groups is 1. The van der Waals surface area contributed by atoms with E-state index in [1.807, 2.05) is 0 Å². The van der Waals surface area contributed by atoms with Gasteiger partial charge in [0.1, 0.15) is 0 Å². The largest absolute Gasteiger partial charge is 0.454 e. The molecule has 10 heteroatoms. The summed E-state index contributed by atoms with van der Waals surface area (Å²) in [5.41, 5.74) is 0.598. The van der Waals surface area contributed by atoms with Gasteiger partial charge in [0.05, 0.1) is 27.1 Å². The van der Waals surface area contributed by atoms with Crippen LogP contribution in [-0.4, -0.2) is 43.7 Å². The van der Waals surface area contributed by atoms with Crippen LogP contribution in [0.4, 0.5) is 11.4 Å². The van der Waals surface area contributed by atoms with Gasteiger partial charge in [0.15, 0.2) is 11.5 Å². The summed E-state index contributed by atoms with van der Waals surface area (Å²) in [7, 11) is -3.51. The molecule has 0 N–H and O–H groups in total. The number of sulfonamides is 1. The fourth-order valence-corrected chi connectivity index (χ4v) is 4.83. The summed E-state index contributed by atoms with van der Waals surface area (Å²) < 4.78 is 37.3. The van der Waals surface area contributed by atoms with Crippen molar-refractivity contribution in [2.24, 2.45) is 4.99 Å². The molecule has 2 aromatic rings. The Hall–Kier alpha value is -2.98. The topological polar surface area (TPSA) is 111 Å². The van der Waals surface area contributed by atoms with Crippen molar-refractivity contribution in [3.05, 3.63) is 52.1 Å². The minimum absolute atomic E-state index is 0.0139. The highest BCUT2D eigenvalue weighted by Crippen LogP contribution is 2.37. The lowest BCUT2D eigenvalue weighted by molar-refractivity contribution is -0.385. The van der Waals surface area contributed by atoms with Gasteiger partial charge in [-0.05, 0) is 43.2 Å². The monoisotopic (exact) mass is 417 g/mol. The number of hydrogen-bond acceptors (Lipinski definition) is 7. The summed E-state index contributed by atoms with van der Waals surface area (Å²) in [4.78, 5) is 15.3. The number of ether oxygens (including phenoxy) is 2. The third kappa shape index (κ3) is 3.94. The average Bonchev–Trinajstić information content (AvgIpc) is 3.20. The van der Waals surface area contributed by atoms with Gasteiger partial charge in [-0.25, -0.2) is 8.42 Å². The fourth-order valence-electron chi connectivity index (χ4n) is 3.31. The predicted molar refractivity (Wildman–Crippen MR) is 106 cm³/mol. The van der Waals surface area contributed by atoms with Crippen LogP contribution in [0.15, 0.2) is 46.3 Å². The second kappa shape index (κ2) is 7.80. The van der Waals surface area contributed by atoms with E-state index in [4.69, 9.17) is 9.47 Å². The molecule has 0 spiro atoms. The van der Waals surface area contributed by atoms with Gasteiger partial charge in [-0.2, -0.15) is 4.31 Å². The van der Waals surface area contributed by atoms with Crippen molar-refractivity contribution in [1.82, 2.24) is 4.31 Å². The van der Waals surface area contributed by atoms with E-state index in [2.05, 4.69) is 4.99 Å². The zero-order valence-corrected chi connectivity index (χ0v) is 16.3. The van der Waals surface area contributed by atoms with Crippen molar-refractivity contribution >= 4 is 27.6 Å². The normalized spacial score (nSPS) is 17.0. The van der Waals surface area contributed by atoms with Gasteiger partial charge in [-0.3, -0.25) is 15.1 Å². The number of benzene rings is 2. The summed E-state index contributed by atoms with van der Waals surface area (Å²) in [5, 5.41) is 11.3. The van der Waals surface area contributed by atoms with Gasteiger partial charge < -0.3 is 9.47 Å². The molecule has 152 valence electrons. The quantitative estimate of drug-likeness (QED) is 0.419. The van der Waals surface area contributed by atoms with Crippen LogP contribution in [-0.2, 0) is 10.0 Å². The van der Waals surface area contributed by atoms with E-state index in [-0.39, 0.29) is 22.9 Å². The zero-order valence-electron chi connectivity index (χ0n) is 15.5.